The van der Waals surface area contributed by atoms with Crippen molar-refractivity contribution in [1.82, 2.24) is 9.21 Å². The Kier molecular flexibility index (Phi) is 8.24. The van der Waals surface area contributed by atoms with Gasteiger partial charge in [0.2, 0.25) is 10.0 Å². The van der Waals surface area contributed by atoms with Crippen LogP contribution in [0.1, 0.15) is 68.6 Å². The number of ketones is 1. The first kappa shape index (κ1) is 24.0. The van der Waals surface area contributed by atoms with Gasteiger partial charge < -0.3 is 0 Å². The van der Waals surface area contributed by atoms with Gasteiger partial charge in [-0.25, -0.2) is 8.42 Å². The summed E-state index contributed by atoms with van der Waals surface area (Å²) in [6, 6.07) is 5.02. The maximum absolute atomic E-state index is 12.9. The van der Waals surface area contributed by atoms with Crippen molar-refractivity contribution in [3.05, 3.63) is 33.8 Å². The molecule has 1 aliphatic heterocycles. The van der Waals surface area contributed by atoms with E-state index in [2.05, 4.69) is 4.90 Å². The van der Waals surface area contributed by atoms with E-state index >= 15 is 0 Å². The topological polar surface area (TPSA) is 57.7 Å². The van der Waals surface area contributed by atoms with E-state index in [1.165, 1.54) is 6.42 Å². The summed E-state index contributed by atoms with van der Waals surface area (Å²) in [5.41, 5.74) is 0.510. The Hall–Kier alpha value is -0.660. The zero-order chi connectivity index (χ0) is 21.8. The van der Waals surface area contributed by atoms with Gasteiger partial charge in [-0.15, -0.1) is 0 Å². The van der Waals surface area contributed by atoms with E-state index in [0.717, 1.165) is 45.2 Å². The zero-order valence-corrected chi connectivity index (χ0v) is 20.0. The first-order chi connectivity index (χ1) is 14.3. The molecule has 168 valence electrons. The molecule has 0 amide bonds. The molecule has 1 saturated heterocycles. The van der Waals surface area contributed by atoms with Gasteiger partial charge in [-0.3, -0.25) is 9.69 Å². The average Bonchev–Trinajstić information content (AvgIpc) is 2.73. The molecule has 8 heteroatoms. The van der Waals surface area contributed by atoms with Gasteiger partial charge in [-0.05, 0) is 43.9 Å². The number of Topliss-reactive ketones (excluding diaryl/α,β-unsaturated/α-hetero) is 1. The maximum atomic E-state index is 12.9. The standard InChI is InChI=1S/C22H32Cl2N2O3S/c1-2-16-30(28,29)26-14-12-25(13-15-26)22(9-4-3-5-10-22)11-8-21(27)19-7-6-18(23)17-20(19)24/h6-7,17H,2-5,8-16H2,1H3. The molecule has 0 N–H and O–H groups in total. The molecule has 1 aromatic rings. The van der Waals surface area contributed by atoms with E-state index in [1.54, 1.807) is 22.5 Å². The van der Waals surface area contributed by atoms with E-state index in [1.807, 2.05) is 6.92 Å². The Morgan fingerprint density at radius 2 is 1.73 bits per heavy atom. The molecule has 0 unspecified atom stereocenters. The number of hydrogen-bond acceptors (Lipinski definition) is 4. The second-order valence-corrected chi connectivity index (χ2v) is 11.5. The van der Waals surface area contributed by atoms with E-state index in [-0.39, 0.29) is 17.1 Å². The first-order valence-electron chi connectivity index (χ1n) is 11.0. The first-order valence-corrected chi connectivity index (χ1v) is 13.3. The summed E-state index contributed by atoms with van der Waals surface area (Å²) in [5, 5.41) is 0.927. The highest BCUT2D eigenvalue weighted by molar-refractivity contribution is 7.89. The van der Waals surface area contributed by atoms with Crippen molar-refractivity contribution < 1.29 is 13.2 Å². The van der Waals surface area contributed by atoms with Crippen LogP contribution in [0, 0.1) is 0 Å². The van der Waals surface area contributed by atoms with Crippen molar-refractivity contribution in [2.75, 3.05) is 31.9 Å². The van der Waals surface area contributed by atoms with Crippen molar-refractivity contribution in [3.63, 3.8) is 0 Å². The third-order valence-electron chi connectivity index (χ3n) is 6.60. The Morgan fingerprint density at radius 3 is 2.33 bits per heavy atom. The summed E-state index contributed by atoms with van der Waals surface area (Å²) in [6.07, 6.45) is 7.54. The van der Waals surface area contributed by atoms with Crippen LogP contribution in [0.4, 0.5) is 0 Å². The van der Waals surface area contributed by atoms with Crippen LogP contribution < -0.4 is 0 Å². The predicted octanol–water partition coefficient (Wildman–Crippen LogP) is 5.02. The van der Waals surface area contributed by atoms with Gasteiger partial charge >= 0.3 is 0 Å². The normalized spacial score (nSPS) is 20.9. The lowest BCUT2D eigenvalue weighted by molar-refractivity contribution is 0.0165. The summed E-state index contributed by atoms with van der Waals surface area (Å²) < 4.78 is 26.5. The van der Waals surface area contributed by atoms with Gasteiger partial charge in [0.05, 0.1) is 10.8 Å². The lowest BCUT2D eigenvalue weighted by Gasteiger charge is -2.50. The van der Waals surface area contributed by atoms with Crippen molar-refractivity contribution in [1.29, 1.82) is 0 Å². The third kappa shape index (κ3) is 5.57. The van der Waals surface area contributed by atoms with Crippen LogP contribution in [0.3, 0.4) is 0 Å². The molecule has 1 aromatic carbocycles. The van der Waals surface area contributed by atoms with Gasteiger partial charge in [-0.1, -0.05) is 49.4 Å². The van der Waals surface area contributed by atoms with Gasteiger partial charge in [0.15, 0.2) is 5.78 Å². The molecular weight excluding hydrogens is 443 g/mol. The third-order valence-corrected chi connectivity index (χ3v) is 9.22. The fourth-order valence-corrected chi connectivity index (χ4v) is 6.97. The van der Waals surface area contributed by atoms with E-state index < -0.39 is 10.0 Å². The number of hydrogen-bond donors (Lipinski definition) is 0. The number of sulfonamides is 1. The maximum Gasteiger partial charge on any atom is 0.214 e. The molecule has 0 bridgehead atoms. The fraction of sp³-hybridized carbons (Fsp3) is 0.682. The lowest BCUT2D eigenvalue weighted by Crippen LogP contribution is -2.58. The number of rotatable bonds is 8. The number of carbonyl (C=O) groups is 1. The number of piperazine rings is 1. The molecular formula is C22H32Cl2N2O3S. The van der Waals surface area contributed by atoms with Gasteiger partial charge in [-0.2, -0.15) is 4.31 Å². The summed E-state index contributed by atoms with van der Waals surface area (Å²) in [5.74, 6) is 0.264. The lowest BCUT2D eigenvalue weighted by atomic mass is 9.76. The van der Waals surface area contributed by atoms with Crippen molar-refractivity contribution >= 4 is 39.0 Å². The van der Waals surface area contributed by atoms with E-state index in [9.17, 15) is 13.2 Å². The van der Waals surface area contributed by atoms with Gasteiger partial charge in [0, 0.05) is 48.7 Å². The molecule has 2 aliphatic rings. The smallest absolute Gasteiger partial charge is 0.214 e. The van der Waals surface area contributed by atoms with Crippen molar-refractivity contribution in [2.45, 2.75) is 63.8 Å². The van der Waals surface area contributed by atoms with Crippen LogP contribution in [-0.2, 0) is 10.0 Å². The molecule has 1 saturated carbocycles. The van der Waals surface area contributed by atoms with Crippen LogP contribution in [0.25, 0.3) is 0 Å². The van der Waals surface area contributed by atoms with Crippen LogP contribution in [0.5, 0.6) is 0 Å². The largest absolute Gasteiger partial charge is 0.295 e. The molecule has 30 heavy (non-hydrogen) atoms. The minimum atomic E-state index is -3.15. The SMILES string of the molecule is CCCS(=O)(=O)N1CCN(C2(CCC(=O)c3ccc(Cl)cc3Cl)CCCCC2)CC1. The molecule has 0 atom stereocenters. The van der Waals surface area contributed by atoms with Crippen LogP contribution in [0.15, 0.2) is 18.2 Å². The quantitative estimate of drug-likeness (QED) is 0.496. The highest BCUT2D eigenvalue weighted by atomic mass is 35.5. The van der Waals surface area contributed by atoms with Crippen molar-refractivity contribution in [3.8, 4) is 0 Å². The highest BCUT2D eigenvalue weighted by Crippen LogP contribution is 2.39. The number of carbonyl (C=O) groups excluding carboxylic acids is 1. The summed E-state index contributed by atoms with van der Waals surface area (Å²) in [6.45, 7) is 4.45. The van der Waals surface area contributed by atoms with Gasteiger partial charge in [0.25, 0.3) is 0 Å². The molecule has 1 heterocycles. The number of halogens is 2. The molecule has 5 nitrogen and oxygen atoms in total. The number of nitrogens with zero attached hydrogens (tertiary/aromatic N) is 2. The average molecular weight is 475 g/mol. The van der Waals surface area contributed by atoms with Crippen molar-refractivity contribution in [2.24, 2.45) is 0 Å². The molecule has 3 rings (SSSR count). The Morgan fingerprint density at radius 1 is 1.07 bits per heavy atom. The summed E-state index contributed by atoms with van der Waals surface area (Å²) in [4.78, 5) is 15.3. The Labute approximate surface area is 190 Å². The van der Waals surface area contributed by atoms with Crippen LogP contribution >= 0.6 is 23.2 Å². The Balaban J connectivity index is 1.67. The molecule has 2 fully saturated rings. The highest BCUT2D eigenvalue weighted by Gasteiger charge is 2.40. The second-order valence-electron chi connectivity index (χ2n) is 8.53. The Bertz CT molecular complexity index is 846. The number of benzene rings is 1. The fourth-order valence-electron chi connectivity index (χ4n) is 4.96. The van der Waals surface area contributed by atoms with Crippen LogP contribution in [-0.4, -0.2) is 60.9 Å². The van der Waals surface area contributed by atoms with E-state index in [4.69, 9.17) is 23.2 Å². The zero-order valence-electron chi connectivity index (χ0n) is 17.7. The minimum absolute atomic E-state index is 0.0204. The second kappa shape index (κ2) is 10.3. The van der Waals surface area contributed by atoms with Gasteiger partial charge in [0.1, 0.15) is 0 Å². The molecule has 0 spiro atoms. The molecule has 1 aliphatic carbocycles. The minimum Gasteiger partial charge on any atom is -0.295 e. The van der Waals surface area contributed by atoms with Crippen LogP contribution in [0.2, 0.25) is 10.0 Å². The molecule has 0 radical (unpaired) electrons. The molecule has 0 aromatic heterocycles. The summed E-state index contributed by atoms with van der Waals surface area (Å²) in [7, 11) is -3.15. The summed E-state index contributed by atoms with van der Waals surface area (Å²) >= 11 is 12.2. The predicted molar refractivity (Wildman–Crippen MR) is 123 cm³/mol. The van der Waals surface area contributed by atoms with E-state index in [0.29, 0.717) is 41.5 Å². The monoisotopic (exact) mass is 474 g/mol.